The molecule has 0 spiro atoms. The van der Waals surface area contributed by atoms with Gasteiger partial charge in [-0.2, -0.15) is 4.31 Å². The number of hydrogen-bond donors (Lipinski definition) is 0. The molecule has 0 saturated carbocycles. The van der Waals surface area contributed by atoms with Crippen molar-refractivity contribution < 1.29 is 22.7 Å². The van der Waals surface area contributed by atoms with Gasteiger partial charge in [-0.15, -0.1) is 0 Å². The Morgan fingerprint density at radius 1 is 1.38 bits per heavy atom. The third-order valence-corrected chi connectivity index (χ3v) is 5.58. The normalized spacial score (nSPS) is 16.9. The Morgan fingerprint density at radius 2 is 2.00 bits per heavy atom. The molecule has 1 aliphatic heterocycles. The van der Waals surface area contributed by atoms with Gasteiger partial charge in [0.2, 0.25) is 10.0 Å². The molecule has 1 aliphatic rings. The van der Waals surface area contributed by atoms with Crippen LogP contribution in [0.5, 0.6) is 0 Å². The minimum atomic E-state index is -3.62. The summed E-state index contributed by atoms with van der Waals surface area (Å²) >= 11 is 0. The molecule has 1 aromatic rings. The number of morpholine rings is 1. The molecular formula is C13H20N2O5S. The van der Waals surface area contributed by atoms with Crippen LogP contribution in [0.15, 0.2) is 11.0 Å². The maximum atomic E-state index is 12.7. The lowest BCUT2D eigenvalue weighted by Gasteiger charge is -2.25. The van der Waals surface area contributed by atoms with Gasteiger partial charge in [0.05, 0.1) is 19.8 Å². The molecule has 1 saturated heterocycles. The Kier molecular flexibility index (Phi) is 4.70. The molecule has 0 unspecified atom stereocenters. The Morgan fingerprint density at radius 3 is 2.57 bits per heavy atom. The molecule has 0 aliphatic carbocycles. The third-order valence-electron chi connectivity index (χ3n) is 3.56. The molecule has 0 atom stereocenters. The summed E-state index contributed by atoms with van der Waals surface area (Å²) in [5.74, 6) is -0.522. The van der Waals surface area contributed by atoms with Gasteiger partial charge in [-0.3, -0.25) is 0 Å². The van der Waals surface area contributed by atoms with Gasteiger partial charge in [-0.05, 0) is 19.9 Å². The third kappa shape index (κ3) is 2.97. The van der Waals surface area contributed by atoms with Crippen molar-refractivity contribution in [3.05, 3.63) is 17.5 Å². The number of hydrogen-bond acceptors (Lipinski definition) is 5. The second kappa shape index (κ2) is 6.17. The molecule has 2 rings (SSSR count). The van der Waals surface area contributed by atoms with Crippen LogP contribution in [-0.2, 0) is 26.5 Å². The molecule has 1 aromatic heterocycles. The highest BCUT2D eigenvalue weighted by Crippen LogP contribution is 2.24. The minimum absolute atomic E-state index is 0.148. The lowest BCUT2D eigenvalue weighted by Crippen LogP contribution is -2.40. The van der Waals surface area contributed by atoms with Crippen LogP contribution in [0.1, 0.15) is 23.1 Å². The highest BCUT2D eigenvalue weighted by atomic mass is 32.2. The van der Waals surface area contributed by atoms with Gasteiger partial charge in [0.1, 0.15) is 10.6 Å². The van der Waals surface area contributed by atoms with Crippen molar-refractivity contribution in [3.8, 4) is 0 Å². The summed E-state index contributed by atoms with van der Waals surface area (Å²) in [4.78, 5) is 12.0. The molecule has 0 N–H and O–H groups in total. The van der Waals surface area contributed by atoms with E-state index >= 15 is 0 Å². The zero-order valence-electron chi connectivity index (χ0n) is 12.5. The Balaban J connectivity index is 2.39. The molecule has 0 aromatic carbocycles. The largest absolute Gasteiger partial charge is 0.461 e. The SMILES string of the molecule is CCOC(=O)c1cc(S(=O)(=O)N2CCOCC2)c(C)n1C. The minimum Gasteiger partial charge on any atom is -0.461 e. The average Bonchev–Trinajstić information content (AvgIpc) is 2.77. The van der Waals surface area contributed by atoms with Gasteiger partial charge in [-0.1, -0.05) is 0 Å². The molecule has 7 nitrogen and oxygen atoms in total. The van der Waals surface area contributed by atoms with Crippen LogP contribution in [0.4, 0.5) is 0 Å². The standard InChI is InChI=1S/C13H20N2O5S/c1-4-20-13(16)11-9-12(10(2)14(11)3)21(17,18)15-5-7-19-8-6-15/h9H,4-8H2,1-3H3. The molecule has 0 bridgehead atoms. The molecule has 21 heavy (non-hydrogen) atoms. The van der Waals surface area contributed by atoms with Crippen LogP contribution in [0, 0.1) is 6.92 Å². The number of rotatable bonds is 4. The number of aromatic nitrogens is 1. The summed E-state index contributed by atoms with van der Waals surface area (Å²) in [5, 5.41) is 0. The lowest BCUT2D eigenvalue weighted by atomic mass is 10.4. The fourth-order valence-corrected chi connectivity index (χ4v) is 3.94. The first-order chi connectivity index (χ1) is 9.89. The van der Waals surface area contributed by atoms with Gasteiger partial charge in [-0.25, -0.2) is 13.2 Å². The first-order valence-electron chi connectivity index (χ1n) is 6.81. The van der Waals surface area contributed by atoms with Crippen LogP contribution in [-0.4, -0.2) is 56.2 Å². The zero-order chi connectivity index (χ0) is 15.6. The number of nitrogens with zero attached hydrogens (tertiary/aromatic N) is 2. The van der Waals surface area contributed by atoms with E-state index in [4.69, 9.17) is 9.47 Å². The van der Waals surface area contributed by atoms with Crippen molar-refractivity contribution in [1.29, 1.82) is 0 Å². The second-order valence-electron chi connectivity index (χ2n) is 4.78. The number of esters is 1. The van der Waals surface area contributed by atoms with E-state index < -0.39 is 16.0 Å². The first-order valence-corrected chi connectivity index (χ1v) is 8.25. The first kappa shape index (κ1) is 16.0. The van der Waals surface area contributed by atoms with Gasteiger partial charge in [0.15, 0.2) is 0 Å². The summed E-state index contributed by atoms with van der Waals surface area (Å²) in [7, 11) is -1.97. The fourth-order valence-electron chi connectivity index (χ4n) is 2.26. The van der Waals surface area contributed by atoms with Gasteiger partial charge < -0.3 is 14.0 Å². The van der Waals surface area contributed by atoms with Crippen molar-refractivity contribution in [2.75, 3.05) is 32.9 Å². The summed E-state index contributed by atoms with van der Waals surface area (Å²) < 4.78 is 38.4. The molecule has 118 valence electrons. The second-order valence-corrected chi connectivity index (χ2v) is 6.68. The molecule has 1 fully saturated rings. The van der Waals surface area contributed by atoms with E-state index in [0.29, 0.717) is 32.0 Å². The van der Waals surface area contributed by atoms with Crippen molar-refractivity contribution >= 4 is 16.0 Å². The maximum absolute atomic E-state index is 12.7. The summed E-state index contributed by atoms with van der Waals surface area (Å²) in [5.41, 5.74) is 0.755. The Hall–Kier alpha value is -1.38. The van der Waals surface area contributed by atoms with Crippen molar-refractivity contribution in [1.82, 2.24) is 8.87 Å². The molecule has 0 radical (unpaired) electrons. The predicted octanol–water partition coefficient (Wildman–Crippen LogP) is 0.531. The smallest absolute Gasteiger partial charge is 0.354 e. The molecule has 0 amide bonds. The number of ether oxygens (including phenoxy) is 2. The van der Waals surface area contributed by atoms with Crippen LogP contribution >= 0.6 is 0 Å². The quantitative estimate of drug-likeness (QED) is 0.757. The maximum Gasteiger partial charge on any atom is 0.354 e. The summed E-state index contributed by atoms with van der Waals surface area (Å²) in [6.07, 6.45) is 0. The Labute approximate surface area is 124 Å². The van der Waals surface area contributed by atoms with E-state index in [1.54, 1.807) is 25.5 Å². The monoisotopic (exact) mass is 316 g/mol. The van der Waals surface area contributed by atoms with Gasteiger partial charge in [0.25, 0.3) is 0 Å². The molecular weight excluding hydrogens is 296 g/mol. The van der Waals surface area contributed by atoms with E-state index in [9.17, 15) is 13.2 Å². The van der Waals surface area contributed by atoms with Gasteiger partial charge >= 0.3 is 5.97 Å². The van der Waals surface area contributed by atoms with E-state index in [-0.39, 0.29) is 17.2 Å². The predicted molar refractivity (Wildman–Crippen MR) is 75.7 cm³/mol. The van der Waals surface area contributed by atoms with Gasteiger partial charge in [0, 0.05) is 25.8 Å². The van der Waals surface area contributed by atoms with Crippen LogP contribution in [0.3, 0.4) is 0 Å². The highest BCUT2D eigenvalue weighted by Gasteiger charge is 2.31. The molecule has 8 heteroatoms. The van der Waals surface area contributed by atoms with Crippen molar-refractivity contribution in [2.24, 2.45) is 7.05 Å². The van der Waals surface area contributed by atoms with Crippen LogP contribution in [0.2, 0.25) is 0 Å². The fraction of sp³-hybridized carbons (Fsp3) is 0.615. The van der Waals surface area contributed by atoms with E-state index in [1.165, 1.54) is 10.4 Å². The van der Waals surface area contributed by atoms with E-state index in [0.717, 1.165) is 0 Å². The van der Waals surface area contributed by atoms with Crippen molar-refractivity contribution in [3.63, 3.8) is 0 Å². The Bertz CT molecular complexity index is 629. The zero-order valence-corrected chi connectivity index (χ0v) is 13.3. The topological polar surface area (TPSA) is 77.8 Å². The summed E-state index contributed by atoms with van der Waals surface area (Å²) in [6.45, 7) is 5.05. The number of sulfonamides is 1. The van der Waals surface area contributed by atoms with E-state index in [2.05, 4.69) is 0 Å². The summed E-state index contributed by atoms with van der Waals surface area (Å²) in [6, 6.07) is 1.39. The van der Waals surface area contributed by atoms with E-state index in [1.807, 2.05) is 0 Å². The highest BCUT2D eigenvalue weighted by molar-refractivity contribution is 7.89. The van der Waals surface area contributed by atoms with Crippen molar-refractivity contribution in [2.45, 2.75) is 18.7 Å². The lowest BCUT2D eigenvalue weighted by molar-refractivity contribution is 0.0515. The van der Waals surface area contributed by atoms with Crippen LogP contribution < -0.4 is 0 Å². The average molecular weight is 316 g/mol. The number of carbonyl (C=O) groups is 1. The van der Waals surface area contributed by atoms with Crippen LogP contribution in [0.25, 0.3) is 0 Å². The number of carbonyl (C=O) groups excluding carboxylic acids is 1. The molecule has 2 heterocycles.